The van der Waals surface area contributed by atoms with Gasteiger partial charge in [0.05, 0.1) is 25.3 Å². The van der Waals surface area contributed by atoms with Crippen molar-refractivity contribution in [3.8, 4) is 5.75 Å². The van der Waals surface area contributed by atoms with Crippen molar-refractivity contribution in [1.29, 1.82) is 0 Å². The van der Waals surface area contributed by atoms with Crippen molar-refractivity contribution in [2.45, 2.75) is 32.6 Å². The van der Waals surface area contributed by atoms with E-state index in [4.69, 9.17) is 9.47 Å². The van der Waals surface area contributed by atoms with Gasteiger partial charge in [-0.1, -0.05) is 25.5 Å². The van der Waals surface area contributed by atoms with Crippen molar-refractivity contribution < 1.29 is 28.6 Å². The number of methoxy groups -OCH3 is 1. The lowest BCUT2D eigenvalue weighted by atomic mass is 10.0. The molecule has 1 amide bonds. The lowest BCUT2D eigenvalue weighted by molar-refractivity contribution is -0.117. The van der Waals surface area contributed by atoms with E-state index in [1.54, 1.807) is 18.3 Å². The molecule has 0 fully saturated rings. The lowest BCUT2D eigenvalue weighted by Gasteiger charge is -2.16. The number of ether oxygens (including phenoxy) is 2. The largest absolute Gasteiger partial charge is 0.490 e. The molecule has 7 nitrogen and oxygen atoms in total. The van der Waals surface area contributed by atoms with E-state index in [2.05, 4.69) is 10.3 Å². The SMILES string of the molecule is CCCCOc1c(C(=O)O)cc(NC(=O)CCOC)c2cc(Cc3ccc(F)cc3)cnc12. The summed E-state index contributed by atoms with van der Waals surface area (Å²) in [6.45, 7) is 2.60. The summed E-state index contributed by atoms with van der Waals surface area (Å²) in [4.78, 5) is 28.9. The minimum Gasteiger partial charge on any atom is -0.490 e. The number of amides is 1. The Labute approximate surface area is 191 Å². The number of hydrogen-bond donors (Lipinski definition) is 2. The van der Waals surface area contributed by atoms with Gasteiger partial charge in [-0.25, -0.2) is 9.18 Å². The number of carbonyl (C=O) groups is 2. The van der Waals surface area contributed by atoms with Gasteiger partial charge in [0.25, 0.3) is 0 Å². The molecule has 0 radical (unpaired) electrons. The van der Waals surface area contributed by atoms with Crippen LogP contribution >= 0.6 is 0 Å². The van der Waals surface area contributed by atoms with E-state index >= 15 is 0 Å². The van der Waals surface area contributed by atoms with Gasteiger partial charge in [-0.2, -0.15) is 0 Å². The Bertz CT molecular complexity index is 1130. The molecule has 8 heteroatoms. The van der Waals surface area contributed by atoms with Crippen LogP contribution in [-0.2, 0) is 16.0 Å². The summed E-state index contributed by atoms with van der Waals surface area (Å²) in [6, 6.07) is 9.42. The number of pyridine rings is 1. The smallest absolute Gasteiger partial charge is 0.339 e. The zero-order valence-corrected chi connectivity index (χ0v) is 18.7. The van der Waals surface area contributed by atoms with Crippen LogP contribution in [0.3, 0.4) is 0 Å². The number of anilines is 1. The summed E-state index contributed by atoms with van der Waals surface area (Å²) < 4.78 is 24.0. The Hall–Kier alpha value is -3.52. The maximum atomic E-state index is 13.2. The molecular formula is C25H27FN2O5. The minimum absolute atomic E-state index is 0.0700. The summed E-state index contributed by atoms with van der Waals surface area (Å²) in [5, 5.41) is 13.1. The van der Waals surface area contributed by atoms with Crippen LogP contribution in [0, 0.1) is 5.82 Å². The minimum atomic E-state index is -1.17. The van der Waals surface area contributed by atoms with Crippen LogP contribution in [0.2, 0.25) is 0 Å². The van der Waals surface area contributed by atoms with Crippen LogP contribution in [0.1, 0.15) is 47.7 Å². The first-order chi connectivity index (χ1) is 15.9. The quantitative estimate of drug-likeness (QED) is 0.403. The van der Waals surface area contributed by atoms with Crippen LogP contribution in [0.25, 0.3) is 10.9 Å². The molecule has 0 aliphatic rings. The molecule has 0 bridgehead atoms. The van der Waals surface area contributed by atoms with Gasteiger partial charge in [0, 0.05) is 18.7 Å². The number of fused-ring (bicyclic) bond motifs is 1. The number of aromatic nitrogens is 1. The van der Waals surface area contributed by atoms with Crippen molar-refractivity contribution in [3.63, 3.8) is 0 Å². The van der Waals surface area contributed by atoms with Crippen LogP contribution in [0.5, 0.6) is 5.75 Å². The topological polar surface area (TPSA) is 97.8 Å². The van der Waals surface area contributed by atoms with Crippen molar-refractivity contribution in [2.24, 2.45) is 0 Å². The molecule has 3 rings (SSSR count). The average Bonchev–Trinajstić information content (AvgIpc) is 2.80. The summed E-state index contributed by atoms with van der Waals surface area (Å²) in [7, 11) is 1.50. The first-order valence-corrected chi connectivity index (χ1v) is 10.8. The fraction of sp³-hybridized carbons (Fsp3) is 0.320. The van der Waals surface area contributed by atoms with E-state index in [-0.39, 0.29) is 36.1 Å². The van der Waals surface area contributed by atoms with Crippen LogP contribution in [0.15, 0.2) is 42.6 Å². The maximum absolute atomic E-state index is 13.2. The van der Waals surface area contributed by atoms with Crippen LogP contribution in [0.4, 0.5) is 10.1 Å². The third kappa shape index (κ3) is 6.26. The van der Waals surface area contributed by atoms with Gasteiger partial charge in [-0.3, -0.25) is 9.78 Å². The van der Waals surface area contributed by atoms with Crippen molar-refractivity contribution in [1.82, 2.24) is 4.98 Å². The number of nitrogens with one attached hydrogen (secondary N) is 1. The normalized spacial score (nSPS) is 10.9. The number of aromatic carboxylic acids is 1. The molecule has 2 N–H and O–H groups in total. The predicted molar refractivity (Wildman–Crippen MR) is 123 cm³/mol. The van der Waals surface area contributed by atoms with E-state index in [1.165, 1.54) is 25.3 Å². The molecule has 33 heavy (non-hydrogen) atoms. The van der Waals surface area contributed by atoms with E-state index in [1.807, 2.05) is 13.0 Å². The third-order valence-electron chi connectivity index (χ3n) is 5.09. The molecule has 2 aromatic carbocycles. The molecule has 3 aromatic rings. The van der Waals surface area contributed by atoms with Crippen molar-refractivity contribution >= 4 is 28.5 Å². The van der Waals surface area contributed by atoms with E-state index in [0.717, 1.165) is 24.0 Å². The highest BCUT2D eigenvalue weighted by atomic mass is 19.1. The predicted octanol–water partition coefficient (Wildman–Crippen LogP) is 4.82. The number of nitrogens with zero attached hydrogens (tertiary/aromatic N) is 1. The highest BCUT2D eigenvalue weighted by molar-refractivity contribution is 6.08. The standard InChI is InChI=1S/C25H27FN2O5/c1-3-4-10-33-24-20(25(30)31)14-21(28-22(29)9-11-32-2)19-13-17(15-27-23(19)24)12-16-5-7-18(26)8-6-16/h5-8,13-15H,3-4,9-12H2,1-2H3,(H,28,29)(H,30,31). The fourth-order valence-corrected chi connectivity index (χ4v) is 3.38. The monoisotopic (exact) mass is 454 g/mol. The van der Waals surface area contributed by atoms with Gasteiger partial charge >= 0.3 is 5.97 Å². The Morgan fingerprint density at radius 3 is 2.55 bits per heavy atom. The molecule has 0 aliphatic heterocycles. The van der Waals surface area contributed by atoms with E-state index in [9.17, 15) is 19.1 Å². The fourth-order valence-electron chi connectivity index (χ4n) is 3.38. The Morgan fingerprint density at radius 1 is 1.12 bits per heavy atom. The second kappa shape index (κ2) is 11.4. The summed E-state index contributed by atoms with van der Waals surface area (Å²) in [5.41, 5.74) is 2.34. The second-order valence-electron chi connectivity index (χ2n) is 7.64. The summed E-state index contributed by atoms with van der Waals surface area (Å²) >= 11 is 0. The first kappa shape index (κ1) is 24.1. The van der Waals surface area contributed by atoms with E-state index in [0.29, 0.717) is 29.6 Å². The zero-order chi connectivity index (χ0) is 23.8. The first-order valence-electron chi connectivity index (χ1n) is 10.8. The maximum Gasteiger partial charge on any atom is 0.339 e. The summed E-state index contributed by atoms with van der Waals surface area (Å²) in [6.07, 6.45) is 3.91. The van der Waals surface area contributed by atoms with Crippen LogP contribution < -0.4 is 10.1 Å². The number of carbonyl (C=O) groups excluding carboxylic acids is 1. The highest BCUT2D eigenvalue weighted by Gasteiger charge is 2.21. The molecule has 1 heterocycles. The number of carboxylic acid groups (broad SMARTS) is 1. The van der Waals surface area contributed by atoms with Crippen molar-refractivity contribution in [3.05, 3.63) is 65.1 Å². The third-order valence-corrected chi connectivity index (χ3v) is 5.09. The Balaban J connectivity index is 2.08. The number of benzene rings is 2. The second-order valence-corrected chi connectivity index (χ2v) is 7.64. The molecular weight excluding hydrogens is 427 g/mol. The van der Waals surface area contributed by atoms with Crippen molar-refractivity contribution in [2.75, 3.05) is 25.6 Å². The van der Waals surface area contributed by atoms with E-state index < -0.39 is 5.97 Å². The average molecular weight is 454 g/mol. The molecule has 1 aromatic heterocycles. The number of halogens is 1. The molecule has 0 spiro atoms. The molecule has 0 unspecified atom stereocenters. The molecule has 0 aliphatic carbocycles. The zero-order valence-electron chi connectivity index (χ0n) is 18.7. The summed E-state index contributed by atoms with van der Waals surface area (Å²) in [5.74, 6) is -1.62. The number of carboxylic acids is 1. The molecule has 0 saturated heterocycles. The Kier molecular flexibility index (Phi) is 8.32. The van der Waals surface area contributed by atoms with Gasteiger partial charge in [-0.15, -0.1) is 0 Å². The number of rotatable bonds is 11. The molecule has 0 atom stereocenters. The van der Waals surface area contributed by atoms with Crippen LogP contribution in [-0.4, -0.2) is 42.3 Å². The Morgan fingerprint density at radius 2 is 1.88 bits per heavy atom. The molecule has 0 saturated carbocycles. The van der Waals surface area contributed by atoms with Gasteiger partial charge < -0.3 is 19.9 Å². The molecule has 174 valence electrons. The number of hydrogen-bond acceptors (Lipinski definition) is 5. The lowest BCUT2D eigenvalue weighted by Crippen LogP contribution is -2.15. The van der Waals surface area contributed by atoms with Gasteiger partial charge in [0.1, 0.15) is 16.9 Å². The number of unbranched alkanes of at least 4 members (excludes halogenated alkanes) is 1. The highest BCUT2D eigenvalue weighted by Crippen LogP contribution is 2.35. The van der Waals surface area contributed by atoms with Gasteiger partial charge in [0.15, 0.2) is 5.75 Å². The van der Waals surface area contributed by atoms with Gasteiger partial charge in [0.2, 0.25) is 5.91 Å². The van der Waals surface area contributed by atoms with Gasteiger partial charge in [-0.05, 0) is 48.2 Å².